The lowest BCUT2D eigenvalue weighted by atomic mass is 9.83. The fourth-order valence-corrected chi connectivity index (χ4v) is 6.09. The molecule has 0 unspecified atom stereocenters. The van der Waals surface area contributed by atoms with Gasteiger partial charge in [-0.15, -0.1) is 0 Å². The van der Waals surface area contributed by atoms with E-state index >= 15 is 0 Å². The molecule has 20 heteroatoms. The number of hydrogen-bond acceptors (Lipinski definition) is 8. The van der Waals surface area contributed by atoms with E-state index in [9.17, 15) is 45.1 Å². The Hall–Kier alpha value is -4.98. The van der Waals surface area contributed by atoms with E-state index in [-0.39, 0.29) is 41.6 Å². The highest BCUT2D eigenvalue weighted by Crippen LogP contribution is 2.39. The standard InChI is InChI=1S/C33H44FN5O4.2C2HF3O2/c1-33(2,21-35)32(42)37-26-17-24(16-25(34)19-26)31(41)39-14-12-38(13-15-39)30(40)23-8-9-29(43-27-10-11-36-20-27)28(18-23)22-6-4-3-5-7-22;2*3-2(4,5)1(6)7/h8-9,16-19,22,27,36H,3-7,10-15,20-21,35H2,1-2H3,(H,37,42);2*(H,6,7)/t27-;;/m0../s1. The predicted molar refractivity (Wildman–Crippen MR) is 191 cm³/mol. The summed E-state index contributed by atoms with van der Waals surface area (Å²) in [5.74, 6) is -5.61. The minimum atomic E-state index is -5.08. The van der Waals surface area contributed by atoms with E-state index in [2.05, 4.69) is 10.6 Å². The Kier molecular flexibility index (Phi) is 16.2. The van der Waals surface area contributed by atoms with Crippen LogP contribution < -0.4 is 21.1 Å². The molecule has 1 aliphatic carbocycles. The number of hydrogen-bond donors (Lipinski definition) is 5. The van der Waals surface area contributed by atoms with Crippen LogP contribution in [0.4, 0.5) is 36.4 Å². The molecule has 57 heavy (non-hydrogen) atoms. The van der Waals surface area contributed by atoms with Crippen molar-refractivity contribution >= 4 is 35.3 Å². The number of nitrogens with one attached hydrogen (secondary N) is 2. The zero-order chi connectivity index (χ0) is 42.7. The highest BCUT2D eigenvalue weighted by Gasteiger charge is 2.39. The quantitative estimate of drug-likeness (QED) is 0.216. The number of amides is 3. The molecule has 6 N–H and O–H groups in total. The van der Waals surface area contributed by atoms with E-state index in [4.69, 9.17) is 30.3 Å². The van der Waals surface area contributed by atoms with E-state index in [1.165, 1.54) is 37.5 Å². The molecule has 2 aromatic rings. The van der Waals surface area contributed by atoms with E-state index in [0.29, 0.717) is 37.7 Å². The maximum atomic E-state index is 14.4. The van der Waals surface area contributed by atoms with Crippen LogP contribution in [-0.4, -0.2) is 114 Å². The molecular weight excluding hydrogens is 775 g/mol. The van der Waals surface area contributed by atoms with E-state index < -0.39 is 35.5 Å². The number of nitrogens with two attached hydrogens (primary N) is 1. The molecule has 0 aromatic heterocycles. The molecule has 316 valence electrons. The van der Waals surface area contributed by atoms with Gasteiger partial charge in [0, 0.05) is 56.1 Å². The minimum Gasteiger partial charge on any atom is -0.489 e. The summed E-state index contributed by atoms with van der Waals surface area (Å²) in [7, 11) is 0. The molecule has 2 heterocycles. The number of benzene rings is 2. The fraction of sp³-hybridized carbons (Fsp3) is 0.541. The lowest BCUT2D eigenvalue weighted by Crippen LogP contribution is -2.50. The Labute approximate surface area is 323 Å². The number of rotatable bonds is 8. The third kappa shape index (κ3) is 13.9. The first-order valence-electron chi connectivity index (χ1n) is 18.1. The van der Waals surface area contributed by atoms with Crippen LogP contribution in [0, 0.1) is 11.2 Å². The summed E-state index contributed by atoms with van der Waals surface area (Å²) in [4.78, 5) is 60.6. The number of alkyl halides is 6. The van der Waals surface area contributed by atoms with E-state index in [0.717, 1.165) is 43.7 Å². The summed E-state index contributed by atoms with van der Waals surface area (Å²) >= 11 is 0. The lowest BCUT2D eigenvalue weighted by Gasteiger charge is -2.35. The van der Waals surface area contributed by atoms with Crippen LogP contribution in [0.1, 0.15) is 84.6 Å². The highest BCUT2D eigenvalue weighted by atomic mass is 19.4. The molecule has 2 saturated heterocycles. The monoisotopic (exact) mass is 821 g/mol. The van der Waals surface area contributed by atoms with E-state index in [1.807, 2.05) is 18.2 Å². The molecule has 0 bridgehead atoms. The van der Waals surface area contributed by atoms with Crippen LogP contribution in [0.2, 0.25) is 0 Å². The van der Waals surface area contributed by atoms with Crippen molar-refractivity contribution in [3.8, 4) is 5.75 Å². The summed E-state index contributed by atoms with van der Waals surface area (Å²) in [5.41, 5.74) is 6.97. The van der Waals surface area contributed by atoms with Crippen molar-refractivity contribution < 1.29 is 69.7 Å². The topological polar surface area (TPSA) is 192 Å². The molecule has 2 aliphatic heterocycles. The zero-order valence-corrected chi connectivity index (χ0v) is 31.3. The molecule has 13 nitrogen and oxygen atoms in total. The summed E-state index contributed by atoms with van der Waals surface area (Å²) in [6, 6.07) is 9.68. The van der Waals surface area contributed by atoms with Gasteiger partial charge in [0.2, 0.25) is 5.91 Å². The molecule has 1 atom stereocenters. The number of carbonyl (C=O) groups excluding carboxylic acids is 3. The van der Waals surface area contributed by atoms with Crippen molar-refractivity contribution in [3.05, 3.63) is 58.9 Å². The molecule has 3 amide bonds. The summed E-state index contributed by atoms with van der Waals surface area (Å²) in [6.45, 7) is 6.72. The maximum absolute atomic E-state index is 14.4. The SMILES string of the molecule is CC(C)(CN)C(=O)Nc1cc(F)cc(C(=O)N2CCN(C(=O)c3ccc(O[C@H]4CCNC4)c(C4CCCCC4)c3)CC2)c1.O=C(O)C(F)(F)F.O=C(O)C(F)(F)F. The smallest absolute Gasteiger partial charge is 0.489 e. The highest BCUT2D eigenvalue weighted by molar-refractivity contribution is 5.99. The molecule has 3 fully saturated rings. The minimum absolute atomic E-state index is 0.0588. The van der Waals surface area contributed by atoms with Crippen LogP contribution in [-0.2, 0) is 14.4 Å². The number of carbonyl (C=O) groups is 5. The number of nitrogens with zero attached hydrogens (tertiary/aromatic N) is 2. The number of carboxylic acid groups (broad SMARTS) is 2. The third-order valence-corrected chi connectivity index (χ3v) is 9.48. The van der Waals surface area contributed by atoms with Gasteiger partial charge in [0.15, 0.2) is 0 Å². The second-order valence-corrected chi connectivity index (χ2v) is 14.3. The Morgan fingerprint density at radius 2 is 1.33 bits per heavy atom. The molecule has 0 spiro atoms. The lowest BCUT2D eigenvalue weighted by molar-refractivity contribution is -0.193. The number of ether oxygens (including phenoxy) is 1. The zero-order valence-electron chi connectivity index (χ0n) is 31.3. The average molecular weight is 822 g/mol. The van der Waals surface area contributed by atoms with Gasteiger partial charge in [0.05, 0.1) is 5.41 Å². The summed E-state index contributed by atoms with van der Waals surface area (Å²) in [6.07, 6.45) is -3.20. The molecular formula is C37H46F7N5O8. The number of carboxylic acids is 2. The van der Waals surface area contributed by atoms with Gasteiger partial charge in [0.1, 0.15) is 17.7 Å². The fourth-order valence-electron chi connectivity index (χ4n) is 6.09. The molecule has 1 saturated carbocycles. The largest absolute Gasteiger partial charge is 0.490 e. The second-order valence-electron chi connectivity index (χ2n) is 14.3. The van der Waals surface area contributed by atoms with Crippen LogP contribution in [0.5, 0.6) is 5.75 Å². The first kappa shape index (κ1) is 46.4. The molecule has 0 radical (unpaired) electrons. The van der Waals surface area contributed by atoms with Crippen LogP contribution in [0.25, 0.3) is 0 Å². The Bertz CT molecular complexity index is 1710. The van der Waals surface area contributed by atoms with Crippen molar-refractivity contribution in [2.24, 2.45) is 11.1 Å². The number of anilines is 1. The normalized spacial score (nSPS) is 17.7. The summed E-state index contributed by atoms with van der Waals surface area (Å²) in [5, 5.41) is 20.3. The van der Waals surface area contributed by atoms with Gasteiger partial charge in [-0.2, -0.15) is 26.3 Å². The summed E-state index contributed by atoms with van der Waals surface area (Å²) < 4.78 is 84.3. The van der Waals surface area contributed by atoms with Gasteiger partial charge < -0.3 is 41.1 Å². The maximum Gasteiger partial charge on any atom is 0.490 e. The van der Waals surface area contributed by atoms with Crippen molar-refractivity contribution in [1.29, 1.82) is 0 Å². The Morgan fingerprint density at radius 1 is 0.807 bits per heavy atom. The molecule has 2 aromatic carbocycles. The first-order valence-corrected chi connectivity index (χ1v) is 18.1. The third-order valence-electron chi connectivity index (χ3n) is 9.48. The van der Waals surface area contributed by atoms with Crippen LogP contribution in [0.15, 0.2) is 36.4 Å². The van der Waals surface area contributed by atoms with Crippen molar-refractivity contribution in [2.75, 3.05) is 51.1 Å². The van der Waals surface area contributed by atoms with Gasteiger partial charge in [-0.3, -0.25) is 14.4 Å². The number of halogens is 7. The Morgan fingerprint density at radius 3 is 1.81 bits per heavy atom. The van der Waals surface area contributed by atoms with Gasteiger partial charge in [-0.1, -0.05) is 19.3 Å². The van der Waals surface area contributed by atoms with Crippen LogP contribution in [0.3, 0.4) is 0 Å². The first-order chi connectivity index (χ1) is 26.5. The van der Waals surface area contributed by atoms with Crippen molar-refractivity contribution in [2.45, 2.75) is 76.7 Å². The second kappa shape index (κ2) is 19.9. The molecule has 3 aliphatic rings. The van der Waals surface area contributed by atoms with E-state index in [1.54, 1.807) is 23.6 Å². The van der Waals surface area contributed by atoms with Crippen LogP contribution >= 0.6 is 0 Å². The predicted octanol–water partition coefficient (Wildman–Crippen LogP) is 5.40. The number of aliphatic carboxylic acids is 2. The average Bonchev–Trinajstić information content (AvgIpc) is 3.67. The Balaban J connectivity index is 0.000000531. The van der Waals surface area contributed by atoms with Crippen molar-refractivity contribution in [3.63, 3.8) is 0 Å². The van der Waals surface area contributed by atoms with Gasteiger partial charge in [0.25, 0.3) is 11.8 Å². The van der Waals surface area contributed by atoms with Gasteiger partial charge in [-0.05, 0) is 87.5 Å². The molecule has 5 rings (SSSR count). The van der Waals surface area contributed by atoms with Crippen molar-refractivity contribution in [1.82, 2.24) is 15.1 Å². The van der Waals surface area contributed by atoms with Gasteiger partial charge in [-0.25, -0.2) is 14.0 Å². The van der Waals surface area contributed by atoms with Gasteiger partial charge >= 0.3 is 24.3 Å². The number of piperazine rings is 1.